The second-order valence-corrected chi connectivity index (χ2v) is 5.92. The summed E-state index contributed by atoms with van der Waals surface area (Å²) < 4.78 is 13.5. The Kier molecular flexibility index (Phi) is 8.85. The number of nitrogens with one attached hydrogen (secondary N) is 2. The fourth-order valence-electron chi connectivity index (χ4n) is 2.18. The third kappa shape index (κ3) is 7.60. The molecule has 3 atom stereocenters. The Balaban J connectivity index is 0.000000280. The van der Waals surface area contributed by atoms with Crippen molar-refractivity contribution in [2.24, 2.45) is 0 Å². The van der Waals surface area contributed by atoms with Crippen molar-refractivity contribution in [3.8, 4) is 0 Å². The van der Waals surface area contributed by atoms with E-state index in [0.717, 1.165) is 0 Å². The number of hydrogen-bond donors (Lipinski definition) is 3. The molecule has 0 aromatic rings. The number of ether oxygens (including phenoxy) is 3. The van der Waals surface area contributed by atoms with E-state index < -0.39 is 48.7 Å². The predicted molar refractivity (Wildman–Crippen MR) is 88.5 cm³/mol. The first-order valence-corrected chi connectivity index (χ1v) is 8.39. The van der Waals surface area contributed by atoms with E-state index in [1.165, 1.54) is 14.0 Å². The molecule has 0 radical (unpaired) electrons. The number of methoxy groups -OCH3 is 1. The number of rotatable bonds is 6. The lowest BCUT2D eigenvalue weighted by atomic mass is 10.2. The standard InChI is InChI=1S/2C8H11NO5/c1-13-7(11)4-14-8(12)5-2-3-6(10)9-5;1-4(7(11)12)14-8(13)5-2-3-6(10)9-5/h5H,2-4H2,1H3,(H,9,10);4-5H,2-3H2,1H3,(H,9,10)(H,11,12)/t5-;4?,5-/m00/s1. The van der Waals surface area contributed by atoms with Crippen LogP contribution in [0.1, 0.15) is 32.6 Å². The molecule has 12 nitrogen and oxygen atoms in total. The van der Waals surface area contributed by atoms with Gasteiger partial charge in [0.05, 0.1) is 7.11 Å². The van der Waals surface area contributed by atoms with Crippen molar-refractivity contribution in [3.63, 3.8) is 0 Å². The molecule has 2 aliphatic rings. The Bertz CT molecular complexity index is 645. The highest BCUT2D eigenvalue weighted by Crippen LogP contribution is 2.09. The van der Waals surface area contributed by atoms with Gasteiger partial charge in [0.2, 0.25) is 11.8 Å². The van der Waals surface area contributed by atoms with Crippen LogP contribution in [0.25, 0.3) is 0 Å². The van der Waals surface area contributed by atoms with Crippen molar-refractivity contribution in [3.05, 3.63) is 0 Å². The van der Waals surface area contributed by atoms with Gasteiger partial charge in [-0.15, -0.1) is 0 Å². The van der Waals surface area contributed by atoms with E-state index in [-0.39, 0.29) is 18.2 Å². The number of hydrogen-bond acceptors (Lipinski definition) is 9. The third-order valence-electron chi connectivity index (χ3n) is 3.76. The second-order valence-electron chi connectivity index (χ2n) is 5.92. The number of carboxylic acids is 1. The molecule has 2 saturated heterocycles. The number of carbonyl (C=O) groups excluding carboxylic acids is 5. The van der Waals surface area contributed by atoms with Gasteiger partial charge in [-0.1, -0.05) is 0 Å². The summed E-state index contributed by atoms with van der Waals surface area (Å²) in [5.74, 6) is -3.50. The zero-order valence-corrected chi connectivity index (χ0v) is 15.4. The minimum atomic E-state index is -1.21. The topological polar surface area (TPSA) is 174 Å². The molecule has 2 amide bonds. The largest absolute Gasteiger partial charge is 0.479 e. The van der Waals surface area contributed by atoms with Crippen LogP contribution < -0.4 is 10.6 Å². The van der Waals surface area contributed by atoms with Gasteiger partial charge in [-0.2, -0.15) is 0 Å². The van der Waals surface area contributed by atoms with Crippen molar-refractivity contribution in [2.45, 2.75) is 50.8 Å². The molecule has 0 spiro atoms. The van der Waals surface area contributed by atoms with E-state index in [4.69, 9.17) is 5.11 Å². The Morgan fingerprint density at radius 2 is 1.54 bits per heavy atom. The summed E-state index contributed by atoms with van der Waals surface area (Å²) in [6.45, 7) is 0.846. The minimum Gasteiger partial charge on any atom is -0.479 e. The minimum absolute atomic E-state index is 0.176. The van der Waals surface area contributed by atoms with Gasteiger partial charge in [-0.25, -0.2) is 19.2 Å². The van der Waals surface area contributed by atoms with Crippen LogP contribution in [0.15, 0.2) is 0 Å². The van der Waals surface area contributed by atoms with Gasteiger partial charge in [-0.05, 0) is 19.8 Å². The first kappa shape index (κ1) is 22.9. The average Bonchev–Trinajstić information content (AvgIpc) is 3.28. The lowest BCUT2D eigenvalue weighted by Crippen LogP contribution is -2.37. The summed E-state index contributed by atoms with van der Waals surface area (Å²) in [6.07, 6.45) is 0.196. The lowest BCUT2D eigenvalue weighted by Gasteiger charge is -2.12. The maximum atomic E-state index is 11.2. The highest BCUT2D eigenvalue weighted by Gasteiger charge is 2.31. The molecule has 12 heteroatoms. The maximum absolute atomic E-state index is 11.2. The van der Waals surface area contributed by atoms with Crippen molar-refractivity contribution < 1.29 is 48.1 Å². The van der Waals surface area contributed by atoms with Crippen LogP contribution in [0, 0.1) is 0 Å². The van der Waals surface area contributed by atoms with E-state index in [0.29, 0.717) is 19.3 Å². The van der Waals surface area contributed by atoms with E-state index in [9.17, 15) is 28.8 Å². The van der Waals surface area contributed by atoms with Gasteiger partial charge < -0.3 is 30.0 Å². The van der Waals surface area contributed by atoms with Crippen LogP contribution in [0.5, 0.6) is 0 Å². The van der Waals surface area contributed by atoms with Crippen LogP contribution in [-0.2, 0) is 43.0 Å². The molecule has 2 aliphatic heterocycles. The number of aliphatic carboxylic acids is 1. The van der Waals surface area contributed by atoms with Crippen LogP contribution in [0.2, 0.25) is 0 Å². The highest BCUT2D eigenvalue weighted by atomic mass is 16.6. The third-order valence-corrected chi connectivity index (χ3v) is 3.76. The molecule has 0 saturated carbocycles. The van der Waals surface area contributed by atoms with Crippen molar-refractivity contribution >= 4 is 35.7 Å². The summed E-state index contributed by atoms with van der Waals surface area (Å²) in [6, 6.07) is -1.31. The first-order valence-electron chi connectivity index (χ1n) is 8.39. The van der Waals surface area contributed by atoms with Gasteiger partial charge in [0.15, 0.2) is 12.7 Å². The Labute approximate surface area is 159 Å². The van der Waals surface area contributed by atoms with E-state index in [2.05, 4.69) is 24.8 Å². The monoisotopic (exact) mass is 402 g/mol. The van der Waals surface area contributed by atoms with Crippen LogP contribution in [-0.4, -0.2) is 72.7 Å². The zero-order valence-electron chi connectivity index (χ0n) is 15.4. The fraction of sp³-hybridized carbons (Fsp3) is 0.625. The first-order chi connectivity index (χ1) is 13.1. The van der Waals surface area contributed by atoms with Crippen molar-refractivity contribution in [1.29, 1.82) is 0 Å². The lowest BCUT2D eigenvalue weighted by molar-refractivity contribution is -0.164. The van der Waals surface area contributed by atoms with Crippen LogP contribution in [0.4, 0.5) is 0 Å². The number of esters is 3. The van der Waals surface area contributed by atoms with Gasteiger partial charge in [0, 0.05) is 12.8 Å². The molecule has 2 rings (SSSR count). The quantitative estimate of drug-likeness (QED) is 0.342. The number of carboxylic acid groups (broad SMARTS) is 1. The Morgan fingerprint density at radius 1 is 1.04 bits per heavy atom. The zero-order chi connectivity index (χ0) is 21.3. The number of amides is 2. The Hall–Kier alpha value is -3.18. The normalized spacial score (nSPS) is 21.4. The van der Waals surface area contributed by atoms with Gasteiger partial charge in [0.1, 0.15) is 12.1 Å². The van der Waals surface area contributed by atoms with E-state index >= 15 is 0 Å². The molecule has 1 unspecified atom stereocenters. The molecular formula is C16H22N2O10. The SMILES string of the molecule is CC(OC(=O)[C@@H]1CCC(=O)N1)C(=O)O.COC(=O)COC(=O)[C@@H]1CCC(=O)N1. The molecule has 2 fully saturated rings. The summed E-state index contributed by atoms with van der Waals surface area (Å²) in [4.78, 5) is 64.8. The molecular weight excluding hydrogens is 380 g/mol. The van der Waals surface area contributed by atoms with Gasteiger partial charge >= 0.3 is 23.9 Å². The predicted octanol–water partition coefficient (Wildman–Crippen LogP) is -1.74. The Morgan fingerprint density at radius 3 is 1.93 bits per heavy atom. The molecule has 0 bridgehead atoms. The van der Waals surface area contributed by atoms with Crippen molar-refractivity contribution in [1.82, 2.24) is 10.6 Å². The molecule has 0 aromatic carbocycles. The molecule has 0 aromatic heterocycles. The van der Waals surface area contributed by atoms with Gasteiger partial charge in [0.25, 0.3) is 0 Å². The second kappa shape index (κ2) is 10.8. The maximum Gasteiger partial charge on any atom is 0.344 e. The van der Waals surface area contributed by atoms with E-state index in [1.54, 1.807) is 0 Å². The summed E-state index contributed by atoms with van der Waals surface area (Å²) >= 11 is 0. The van der Waals surface area contributed by atoms with Gasteiger partial charge in [-0.3, -0.25) is 9.59 Å². The molecule has 2 heterocycles. The summed E-state index contributed by atoms with van der Waals surface area (Å²) in [5.41, 5.74) is 0. The van der Waals surface area contributed by atoms with E-state index in [1.807, 2.05) is 0 Å². The van der Waals surface area contributed by atoms with Crippen LogP contribution in [0.3, 0.4) is 0 Å². The molecule has 0 aliphatic carbocycles. The van der Waals surface area contributed by atoms with Crippen molar-refractivity contribution in [2.75, 3.05) is 13.7 Å². The number of carbonyl (C=O) groups is 6. The molecule has 156 valence electrons. The summed E-state index contributed by atoms with van der Waals surface area (Å²) in [7, 11) is 1.20. The molecule has 28 heavy (non-hydrogen) atoms. The smallest absolute Gasteiger partial charge is 0.344 e. The average molecular weight is 402 g/mol. The highest BCUT2D eigenvalue weighted by molar-refractivity contribution is 5.89. The summed E-state index contributed by atoms with van der Waals surface area (Å²) in [5, 5.41) is 13.3. The van der Waals surface area contributed by atoms with Crippen LogP contribution >= 0.6 is 0 Å². The molecule has 3 N–H and O–H groups in total. The fourth-order valence-corrected chi connectivity index (χ4v) is 2.18.